The maximum absolute atomic E-state index is 13.5. The van der Waals surface area contributed by atoms with E-state index in [1.165, 1.54) is 0 Å². The quantitative estimate of drug-likeness (QED) is 0.303. The van der Waals surface area contributed by atoms with Crippen LogP contribution in [-0.4, -0.2) is 8.42 Å². The topological polar surface area (TPSA) is 46.2 Å². The molecule has 4 aromatic carbocycles. The first kappa shape index (κ1) is 24.3. The summed E-state index contributed by atoms with van der Waals surface area (Å²) >= 11 is 0. The molecule has 0 aromatic heterocycles. The van der Waals surface area contributed by atoms with Crippen molar-refractivity contribution < 1.29 is 8.42 Å². The van der Waals surface area contributed by atoms with Gasteiger partial charge in [-0.3, -0.25) is 0 Å². The third kappa shape index (κ3) is 5.61. The molecule has 0 bridgehead atoms. The molecule has 0 aliphatic rings. The predicted octanol–water partition coefficient (Wildman–Crippen LogP) is 6.63. The number of hydrogen-bond donors (Lipinski definition) is 1. The molecule has 0 spiro atoms. The van der Waals surface area contributed by atoms with E-state index in [-0.39, 0.29) is 12.0 Å². The van der Waals surface area contributed by atoms with Gasteiger partial charge in [-0.15, -0.1) is 0 Å². The van der Waals surface area contributed by atoms with Crippen molar-refractivity contribution in [1.82, 2.24) is 4.72 Å². The molecule has 0 saturated carbocycles. The first-order valence-electron chi connectivity index (χ1n) is 11.3. The summed E-state index contributed by atoms with van der Waals surface area (Å²) in [5.41, 5.74) is 4.27. The molecule has 0 radical (unpaired) electrons. The van der Waals surface area contributed by atoms with Gasteiger partial charge < -0.3 is 0 Å². The second-order valence-electron chi connectivity index (χ2n) is 8.50. The number of hydrogen-bond acceptors (Lipinski definition) is 2. The lowest BCUT2D eigenvalue weighted by Crippen LogP contribution is -2.28. The molecule has 4 rings (SSSR count). The highest BCUT2D eigenvalue weighted by Gasteiger charge is 2.26. The summed E-state index contributed by atoms with van der Waals surface area (Å²) in [5.74, 6) is -0.0811. The number of rotatable bonds is 8. The van der Waals surface area contributed by atoms with E-state index in [1.54, 1.807) is 0 Å². The van der Waals surface area contributed by atoms with Crippen molar-refractivity contribution in [3.05, 3.63) is 125 Å². The van der Waals surface area contributed by atoms with E-state index in [9.17, 15) is 8.42 Å². The number of aryl methyl sites for hydroxylation is 2. The smallest absolute Gasteiger partial charge is 0.125 e. The van der Waals surface area contributed by atoms with Crippen LogP contribution in [-0.2, 0) is 21.8 Å². The van der Waals surface area contributed by atoms with Gasteiger partial charge in [-0.2, -0.15) is 0 Å². The third-order valence-electron chi connectivity index (χ3n) is 5.97. The minimum atomic E-state index is -1.40. The molecule has 0 aliphatic heterocycles. The highest BCUT2D eigenvalue weighted by Crippen LogP contribution is 2.35. The molecular formula is C29H29NO2S2. The Morgan fingerprint density at radius 3 is 1.79 bits per heavy atom. The Hall–Kier alpha value is -2.86. The van der Waals surface area contributed by atoms with Crippen molar-refractivity contribution in [2.75, 3.05) is 0 Å². The lowest BCUT2D eigenvalue weighted by atomic mass is 9.89. The second kappa shape index (κ2) is 11.0. The zero-order valence-electron chi connectivity index (χ0n) is 19.6. The van der Waals surface area contributed by atoms with Crippen LogP contribution >= 0.6 is 0 Å². The van der Waals surface area contributed by atoms with Crippen LogP contribution in [0.4, 0.5) is 0 Å². The maximum atomic E-state index is 13.5. The van der Waals surface area contributed by atoms with Gasteiger partial charge in [0.05, 0.1) is 21.7 Å². The summed E-state index contributed by atoms with van der Waals surface area (Å²) in [5, 5.41) is 0. The Labute approximate surface area is 207 Å². The highest BCUT2D eigenvalue weighted by molar-refractivity contribution is 7.85. The molecule has 0 amide bonds. The fourth-order valence-electron chi connectivity index (χ4n) is 3.96. The number of benzene rings is 4. The van der Waals surface area contributed by atoms with E-state index in [4.69, 9.17) is 0 Å². The van der Waals surface area contributed by atoms with Gasteiger partial charge in [-0.25, -0.2) is 13.1 Å². The first-order chi connectivity index (χ1) is 16.4. The molecule has 0 aliphatic carbocycles. The third-order valence-corrected chi connectivity index (χ3v) is 8.61. The summed E-state index contributed by atoms with van der Waals surface area (Å²) in [7, 11) is -2.71. The molecule has 0 fully saturated rings. The summed E-state index contributed by atoms with van der Waals surface area (Å²) in [6.45, 7) is 6.13. The molecule has 34 heavy (non-hydrogen) atoms. The Kier molecular flexibility index (Phi) is 7.88. The van der Waals surface area contributed by atoms with Crippen LogP contribution in [0.25, 0.3) is 0 Å². The average molecular weight is 488 g/mol. The molecule has 1 N–H and O–H groups in total. The fraction of sp³-hybridized carbons (Fsp3) is 0.172. The normalized spacial score (nSPS) is 14.8. The van der Waals surface area contributed by atoms with Crippen LogP contribution in [0, 0.1) is 13.8 Å². The first-order valence-corrected chi connectivity index (χ1v) is 13.6. The SMILES string of the molecule is Cc1ccc(S(=O)N[C@H](c2ccccc2)[C@@H](C)c2ccccc2S(=O)c2ccc(C)cc2)cc1. The van der Waals surface area contributed by atoms with Gasteiger partial charge in [0.15, 0.2) is 0 Å². The largest absolute Gasteiger partial charge is 0.249 e. The molecule has 2 unspecified atom stereocenters. The maximum Gasteiger partial charge on any atom is 0.125 e. The van der Waals surface area contributed by atoms with Gasteiger partial charge >= 0.3 is 0 Å². The van der Waals surface area contributed by atoms with E-state index >= 15 is 0 Å². The van der Waals surface area contributed by atoms with Crippen LogP contribution in [0.5, 0.6) is 0 Å². The van der Waals surface area contributed by atoms with E-state index in [1.807, 2.05) is 117 Å². The van der Waals surface area contributed by atoms with Crippen LogP contribution < -0.4 is 4.72 Å². The zero-order chi connectivity index (χ0) is 24.1. The second-order valence-corrected chi connectivity index (χ2v) is 11.2. The monoisotopic (exact) mass is 487 g/mol. The van der Waals surface area contributed by atoms with Crippen molar-refractivity contribution in [2.45, 2.75) is 47.4 Å². The van der Waals surface area contributed by atoms with E-state index in [0.29, 0.717) is 0 Å². The minimum Gasteiger partial charge on any atom is -0.249 e. The van der Waals surface area contributed by atoms with Crippen molar-refractivity contribution in [2.24, 2.45) is 0 Å². The van der Waals surface area contributed by atoms with Crippen molar-refractivity contribution in [3.8, 4) is 0 Å². The molecule has 0 heterocycles. The lowest BCUT2D eigenvalue weighted by molar-refractivity contribution is 0.541. The molecule has 174 valence electrons. The van der Waals surface area contributed by atoms with Crippen molar-refractivity contribution in [3.63, 3.8) is 0 Å². The van der Waals surface area contributed by atoms with Gasteiger partial charge in [-0.05, 0) is 55.3 Å². The van der Waals surface area contributed by atoms with Crippen LogP contribution in [0.15, 0.2) is 118 Å². The van der Waals surface area contributed by atoms with Crippen LogP contribution in [0.3, 0.4) is 0 Å². The molecular weight excluding hydrogens is 458 g/mol. The highest BCUT2D eigenvalue weighted by atomic mass is 32.2. The summed E-state index contributed by atoms with van der Waals surface area (Å²) in [4.78, 5) is 2.29. The fourth-order valence-corrected chi connectivity index (χ4v) is 6.36. The van der Waals surface area contributed by atoms with E-state index < -0.39 is 21.8 Å². The van der Waals surface area contributed by atoms with Gasteiger partial charge in [0.25, 0.3) is 0 Å². The Bertz CT molecular complexity index is 1290. The predicted molar refractivity (Wildman–Crippen MR) is 141 cm³/mol. The summed E-state index contributed by atoms with van der Waals surface area (Å²) < 4.78 is 30.2. The lowest BCUT2D eigenvalue weighted by Gasteiger charge is -2.27. The Morgan fingerprint density at radius 1 is 0.647 bits per heavy atom. The minimum absolute atomic E-state index is 0.0811. The van der Waals surface area contributed by atoms with Gasteiger partial charge in [0, 0.05) is 15.7 Å². The summed E-state index contributed by atoms with van der Waals surface area (Å²) in [6.07, 6.45) is 0. The Morgan fingerprint density at radius 2 is 1.18 bits per heavy atom. The Balaban J connectivity index is 1.70. The van der Waals surface area contributed by atoms with Crippen molar-refractivity contribution >= 4 is 21.8 Å². The molecule has 3 nitrogen and oxygen atoms in total. The molecule has 5 heteroatoms. The van der Waals surface area contributed by atoms with Crippen LogP contribution in [0.1, 0.15) is 41.1 Å². The molecule has 4 aromatic rings. The number of nitrogens with one attached hydrogen (secondary N) is 1. The zero-order valence-corrected chi connectivity index (χ0v) is 21.2. The van der Waals surface area contributed by atoms with Gasteiger partial charge in [0.2, 0.25) is 0 Å². The van der Waals surface area contributed by atoms with E-state index in [2.05, 4.69) is 11.6 Å². The summed E-state index contributed by atoms with van der Waals surface area (Å²) in [6, 6.07) is 33.2. The van der Waals surface area contributed by atoms with Crippen LogP contribution in [0.2, 0.25) is 0 Å². The van der Waals surface area contributed by atoms with Gasteiger partial charge in [-0.1, -0.05) is 90.8 Å². The average Bonchev–Trinajstić information content (AvgIpc) is 2.87. The van der Waals surface area contributed by atoms with Gasteiger partial charge in [0.1, 0.15) is 11.0 Å². The molecule has 0 saturated heterocycles. The molecule has 4 atom stereocenters. The standard InChI is InChI=1S/C29H29NO2S2/c1-21-13-17-25(18-14-21)33(31)28-12-8-7-11-27(28)23(3)29(24-9-5-4-6-10-24)30-34(32)26-19-15-22(2)16-20-26/h4-20,23,29-30H,1-3H3/t23-,29-,33?,34?/m0/s1. The van der Waals surface area contributed by atoms with Crippen molar-refractivity contribution in [1.29, 1.82) is 0 Å². The van der Waals surface area contributed by atoms with E-state index in [0.717, 1.165) is 36.9 Å².